The van der Waals surface area contributed by atoms with Gasteiger partial charge in [0.25, 0.3) is 0 Å². The highest BCUT2D eigenvalue weighted by Crippen LogP contribution is 2.40. The van der Waals surface area contributed by atoms with Gasteiger partial charge in [-0.05, 0) is 31.2 Å². The molecular formula is C20H29F3N3O3PS2. The van der Waals surface area contributed by atoms with Crippen LogP contribution in [0.15, 0.2) is 23.1 Å². The molecule has 0 saturated heterocycles. The molecule has 6 nitrogen and oxygen atoms in total. The molecule has 0 bridgehead atoms. The number of alkyl halides is 3. The summed E-state index contributed by atoms with van der Waals surface area (Å²) in [6.45, 7) is 3.49. The molecule has 0 saturated carbocycles. The number of thioether (sulfide) groups is 1. The minimum atomic E-state index is -4.48. The lowest BCUT2D eigenvalue weighted by Crippen LogP contribution is -2.37. The van der Waals surface area contributed by atoms with Crippen molar-refractivity contribution in [2.75, 3.05) is 12.4 Å². The molecule has 4 N–H and O–H groups in total. The van der Waals surface area contributed by atoms with Crippen molar-refractivity contribution in [2.24, 2.45) is 5.73 Å². The van der Waals surface area contributed by atoms with Crippen molar-refractivity contribution < 1.29 is 27.5 Å². The molecule has 0 spiro atoms. The van der Waals surface area contributed by atoms with Crippen LogP contribution in [0.2, 0.25) is 0 Å². The van der Waals surface area contributed by atoms with E-state index in [1.54, 1.807) is 13.0 Å². The number of nitrogens with two attached hydrogens (primary N) is 1. The van der Waals surface area contributed by atoms with E-state index in [-0.39, 0.29) is 11.5 Å². The zero-order chi connectivity index (χ0) is 23.8. The third-order valence-electron chi connectivity index (χ3n) is 4.68. The lowest BCUT2D eigenvalue weighted by atomic mass is 10.1. The van der Waals surface area contributed by atoms with Gasteiger partial charge in [-0.15, -0.1) is 22.0 Å². The van der Waals surface area contributed by atoms with Gasteiger partial charge in [0.05, 0.1) is 17.7 Å². The van der Waals surface area contributed by atoms with Gasteiger partial charge >= 0.3 is 14.8 Å². The number of hydrogen-bond acceptors (Lipinski definition) is 8. The van der Waals surface area contributed by atoms with E-state index < -0.39 is 25.9 Å². The quantitative estimate of drug-likeness (QED) is 0.170. The van der Waals surface area contributed by atoms with E-state index >= 15 is 0 Å². The van der Waals surface area contributed by atoms with E-state index in [1.807, 2.05) is 0 Å². The van der Waals surface area contributed by atoms with Crippen LogP contribution in [0, 0.1) is 0 Å². The molecule has 0 amide bonds. The lowest BCUT2D eigenvalue weighted by molar-refractivity contribution is -0.139. The third kappa shape index (κ3) is 8.52. The van der Waals surface area contributed by atoms with Gasteiger partial charge in [-0.2, -0.15) is 13.2 Å². The van der Waals surface area contributed by atoms with E-state index in [4.69, 9.17) is 20.0 Å². The van der Waals surface area contributed by atoms with E-state index in [0.717, 1.165) is 43.1 Å². The van der Waals surface area contributed by atoms with E-state index in [2.05, 4.69) is 17.1 Å². The van der Waals surface area contributed by atoms with Crippen molar-refractivity contribution in [3.63, 3.8) is 0 Å². The predicted molar refractivity (Wildman–Crippen MR) is 123 cm³/mol. The maximum absolute atomic E-state index is 13.7. The zero-order valence-corrected chi connectivity index (χ0v) is 20.6. The van der Waals surface area contributed by atoms with Crippen LogP contribution in [0.4, 0.5) is 13.2 Å². The Morgan fingerprint density at radius 3 is 2.47 bits per heavy atom. The highest BCUT2D eigenvalue weighted by Gasteiger charge is 2.34. The maximum atomic E-state index is 13.7. The van der Waals surface area contributed by atoms with Crippen molar-refractivity contribution >= 4 is 31.7 Å². The van der Waals surface area contributed by atoms with Crippen molar-refractivity contribution in [1.82, 2.24) is 10.2 Å². The smallest absolute Gasteiger partial charge is 0.328 e. The molecule has 1 atom stereocenters. The highest BCUT2D eigenvalue weighted by molar-refractivity contribution is 7.99. The molecule has 0 aliphatic carbocycles. The minimum absolute atomic E-state index is 0.204. The van der Waals surface area contributed by atoms with Crippen LogP contribution in [-0.4, -0.2) is 32.3 Å². The summed E-state index contributed by atoms with van der Waals surface area (Å²) in [5.74, 6) is 0.640. The average Bonchev–Trinajstić information content (AvgIpc) is 3.22. The number of unbranched alkanes of at least 4 members (excludes halogenated alkanes) is 5. The normalized spacial score (nSPS) is 14.2. The Bertz CT molecular complexity index is 851. The molecule has 0 unspecified atom stereocenters. The molecule has 0 radical (unpaired) electrons. The monoisotopic (exact) mass is 511 g/mol. The van der Waals surface area contributed by atoms with Crippen LogP contribution in [0.25, 0.3) is 10.6 Å². The molecule has 180 valence electrons. The van der Waals surface area contributed by atoms with Crippen LogP contribution in [0.1, 0.15) is 62.9 Å². The Morgan fingerprint density at radius 1 is 1.12 bits per heavy atom. The van der Waals surface area contributed by atoms with Crippen molar-refractivity contribution in [3.05, 3.63) is 28.8 Å². The molecule has 1 heterocycles. The summed E-state index contributed by atoms with van der Waals surface area (Å²) < 4.78 is 45.9. The zero-order valence-electron chi connectivity index (χ0n) is 18.1. The molecule has 0 aliphatic heterocycles. The molecular weight excluding hydrogens is 482 g/mol. The van der Waals surface area contributed by atoms with Gasteiger partial charge < -0.3 is 20.0 Å². The van der Waals surface area contributed by atoms with Gasteiger partial charge in [-0.1, -0.05) is 56.4 Å². The van der Waals surface area contributed by atoms with Crippen LogP contribution in [0.5, 0.6) is 0 Å². The van der Waals surface area contributed by atoms with E-state index in [0.29, 0.717) is 21.3 Å². The summed E-state index contributed by atoms with van der Waals surface area (Å²) in [7, 11) is -2.58. The number of nitrogens with zero attached hydrogens (tertiary/aromatic N) is 2. The van der Waals surface area contributed by atoms with Crippen molar-refractivity contribution in [3.8, 4) is 10.6 Å². The van der Waals surface area contributed by atoms with Crippen LogP contribution < -0.4 is 5.73 Å². The van der Waals surface area contributed by atoms with Gasteiger partial charge in [0.2, 0.25) is 0 Å². The third-order valence-corrected chi connectivity index (χ3v) is 7.45. The number of aromatic nitrogens is 2. The summed E-state index contributed by atoms with van der Waals surface area (Å²) in [6.07, 6.45) is 2.07. The fourth-order valence-corrected chi connectivity index (χ4v) is 5.23. The number of halogens is 3. The second kappa shape index (κ2) is 12.6. The first-order valence-electron chi connectivity index (χ1n) is 10.3. The number of hydrogen-bond donors (Lipinski definition) is 3. The molecule has 2 aromatic rings. The molecule has 12 heteroatoms. The molecule has 32 heavy (non-hydrogen) atoms. The maximum Gasteiger partial charge on any atom is 0.417 e. The largest absolute Gasteiger partial charge is 0.417 e. The summed E-state index contributed by atoms with van der Waals surface area (Å²) in [6, 6.07) is 4.18. The fraction of sp³-hybridized carbons (Fsp3) is 0.600. The summed E-state index contributed by atoms with van der Waals surface area (Å²) in [4.78, 5) is 18.0. The Hall–Kier alpha value is -0.810. The van der Waals surface area contributed by atoms with Crippen LogP contribution >= 0.6 is 31.7 Å². The minimum Gasteiger partial charge on any atom is -0.328 e. The lowest BCUT2D eigenvalue weighted by Gasteiger charge is -2.20. The van der Waals surface area contributed by atoms with Crippen molar-refractivity contribution in [1.29, 1.82) is 0 Å². The highest BCUT2D eigenvalue weighted by atomic mass is 32.2. The van der Waals surface area contributed by atoms with Crippen molar-refractivity contribution in [2.45, 2.75) is 69.0 Å². The van der Waals surface area contributed by atoms with Gasteiger partial charge in [0, 0.05) is 10.5 Å². The average molecular weight is 512 g/mol. The van der Waals surface area contributed by atoms with E-state index in [1.165, 1.54) is 30.7 Å². The molecule has 1 aromatic heterocycles. The summed E-state index contributed by atoms with van der Waals surface area (Å²) in [5, 5.41) is 8.57. The standard InChI is InChI=1S/C20H29F3N3O3PS2/c1-3-4-5-6-7-8-11-31-16-10-9-14(12-15(16)20(21,22)23)17-25-26-18(32-17)19(2,24)13-29-30(27)28/h9-10,12,27-28H,3-8,11,13,24H2,1-2H3/t19-/m0/s1. The number of rotatable bonds is 13. The van der Waals surface area contributed by atoms with Crippen LogP contribution in [0.3, 0.4) is 0 Å². The second-order valence-corrected chi connectivity index (χ2v) is 10.6. The Labute approximate surface area is 195 Å². The summed E-state index contributed by atoms with van der Waals surface area (Å²) >= 11 is 2.27. The topological polar surface area (TPSA) is 101 Å². The predicted octanol–water partition coefficient (Wildman–Crippen LogP) is 6.08. The second-order valence-electron chi connectivity index (χ2n) is 7.68. The van der Waals surface area contributed by atoms with Crippen LogP contribution in [-0.2, 0) is 16.2 Å². The molecule has 1 aromatic carbocycles. The molecule has 0 aliphatic rings. The fourth-order valence-electron chi connectivity index (χ4n) is 2.90. The van der Waals surface area contributed by atoms with Gasteiger partial charge in [0.15, 0.2) is 0 Å². The summed E-state index contributed by atoms with van der Waals surface area (Å²) in [5.41, 5.74) is 4.54. The number of benzene rings is 1. The molecule has 0 fully saturated rings. The first kappa shape index (κ1) is 27.4. The Morgan fingerprint density at radius 2 is 1.81 bits per heavy atom. The van der Waals surface area contributed by atoms with E-state index in [9.17, 15) is 13.2 Å². The molecule has 2 rings (SSSR count). The van der Waals surface area contributed by atoms with Gasteiger partial charge in [0.1, 0.15) is 10.0 Å². The van der Waals surface area contributed by atoms with Gasteiger partial charge in [-0.25, -0.2) is 0 Å². The Balaban J connectivity index is 2.11. The first-order chi connectivity index (χ1) is 15.0. The van der Waals surface area contributed by atoms with Gasteiger partial charge in [-0.3, -0.25) is 0 Å². The first-order valence-corrected chi connectivity index (χ1v) is 13.3. The Kier molecular flexibility index (Phi) is 10.8. The SMILES string of the molecule is CCCCCCCCSc1ccc(-c2nnc([C@@](C)(N)COP(O)O)s2)cc1C(F)(F)F.